The molecule has 1 aliphatic heterocycles. The summed E-state index contributed by atoms with van der Waals surface area (Å²) < 4.78 is 16.5. The van der Waals surface area contributed by atoms with Crippen LogP contribution >= 0.6 is 0 Å². The van der Waals surface area contributed by atoms with Crippen molar-refractivity contribution in [2.45, 2.75) is 44.3 Å². The Morgan fingerprint density at radius 3 is 2.69 bits per heavy atom. The second kappa shape index (κ2) is 9.69. The number of hydrogen-bond donors (Lipinski definition) is 3. The molecule has 0 aliphatic carbocycles. The second-order valence-corrected chi connectivity index (χ2v) is 9.16. The molecule has 11 nitrogen and oxygen atoms in total. The lowest BCUT2D eigenvalue weighted by molar-refractivity contribution is -0.00498. The summed E-state index contributed by atoms with van der Waals surface area (Å²) in [5.74, 6) is -1.76. The third kappa shape index (κ3) is 4.59. The highest BCUT2D eigenvalue weighted by atomic mass is 19.1. The molecule has 3 aromatic rings. The van der Waals surface area contributed by atoms with E-state index in [1.54, 1.807) is 30.1 Å². The van der Waals surface area contributed by atoms with Crippen molar-refractivity contribution in [3.63, 3.8) is 0 Å². The Hall–Kier alpha value is -4.40. The van der Waals surface area contributed by atoms with E-state index < -0.39 is 35.3 Å². The molecule has 4 N–H and O–H groups in total. The fourth-order valence-electron chi connectivity index (χ4n) is 5.06. The van der Waals surface area contributed by atoms with Gasteiger partial charge in [0.25, 0.3) is 5.91 Å². The van der Waals surface area contributed by atoms with Gasteiger partial charge in [0.2, 0.25) is 0 Å². The lowest BCUT2D eigenvalue weighted by Gasteiger charge is -2.50. The van der Waals surface area contributed by atoms with Gasteiger partial charge in [-0.25, -0.2) is 9.18 Å². The Morgan fingerprint density at radius 1 is 1.39 bits per heavy atom. The van der Waals surface area contributed by atoms with Gasteiger partial charge >= 0.3 is 6.09 Å². The van der Waals surface area contributed by atoms with Gasteiger partial charge in [0, 0.05) is 30.8 Å². The van der Waals surface area contributed by atoms with E-state index >= 15 is 0 Å². The highest BCUT2D eigenvalue weighted by Gasteiger charge is 2.51. The van der Waals surface area contributed by atoms with E-state index in [-0.39, 0.29) is 24.0 Å². The van der Waals surface area contributed by atoms with Crippen molar-refractivity contribution in [2.24, 2.45) is 11.7 Å². The Labute approximate surface area is 206 Å². The lowest BCUT2D eigenvalue weighted by atomic mass is 9.72. The number of piperidine rings is 1. The first-order valence-corrected chi connectivity index (χ1v) is 11.4. The van der Waals surface area contributed by atoms with Crippen molar-refractivity contribution >= 4 is 23.5 Å². The fraction of sp³-hybridized carbons (Fsp3) is 0.375. The number of halogens is 1. The van der Waals surface area contributed by atoms with E-state index in [1.807, 2.05) is 6.92 Å². The number of carboxylic acid groups (broad SMARTS) is 1. The van der Waals surface area contributed by atoms with E-state index in [4.69, 9.17) is 5.73 Å². The van der Waals surface area contributed by atoms with Gasteiger partial charge in [-0.2, -0.15) is 15.5 Å². The largest absolute Gasteiger partial charge is 0.465 e. The molecular weight excluding hydrogens is 467 g/mol. The van der Waals surface area contributed by atoms with Crippen molar-refractivity contribution in [1.29, 1.82) is 5.26 Å². The van der Waals surface area contributed by atoms with Gasteiger partial charge in [0.1, 0.15) is 11.4 Å². The first-order chi connectivity index (χ1) is 17.1. The summed E-state index contributed by atoms with van der Waals surface area (Å²) in [6, 6.07) is 8.92. The molecule has 1 saturated heterocycles. The van der Waals surface area contributed by atoms with E-state index in [0.29, 0.717) is 18.5 Å². The number of nitrogens with two attached hydrogens (primary N) is 1. The molecule has 0 spiro atoms. The number of rotatable bonds is 7. The maximum atomic E-state index is 13.3. The summed E-state index contributed by atoms with van der Waals surface area (Å²) in [6.45, 7) is 3.85. The third-order valence-corrected chi connectivity index (χ3v) is 6.82. The molecule has 0 bridgehead atoms. The zero-order valence-electron chi connectivity index (χ0n) is 19.9. The third-order valence-electron chi connectivity index (χ3n) is 6.82. The van der Waals surface area contributed by atoms with Gasteiger partial charge in [-0.05, 0) is 57.0 Å². The molecule has 2 amide bonds. The molecule has 12 heteroatoms. The number of nitriles is 1. The molecular formula is C24H27FN8O3. The standard InChI is InChI=1S/C24H27FN8O3/c1-15(32-10-3-9-28-32)12-24(2)19(13-26)20(8-11-31(24)23(35)36)33-14-18(21(27)34)22(30-33)29-17-6-4-16(25)5-7-17/h3-7,9-10,14-15,19-20H,8,11-12H2,1-2H3,(H2,27,34)(H,29,30)(H,35,36)/t15?,19-,20-,24?/m0/s1. The number of nitrogens with zero attached hydrogens (tertiary/aromatic N) is 6. The molecule has 2 unspecified atom stereocenters. The minimum absolute atomic E-state index is 0.100. The summed E-state index contributed by atoms with van der Waals surface area (Å²) in [4.78, 5) is 25.7. The number of likely N-dealkylation sites (tertiary alicyclic amines) is 1. The molecule has 4 rings (SSSR count). The number of anilines is 2. The topological polar surface area (TPSA) is 155 Å². The Morgan fingerprint density at radius 2 is 2.11 bits per heavy atom. The minimum atomic E-state index is -1.11. The van der Waals surface area contributed by atoms with Gasteiger partial charge in [-0.3, -0.25) is 14.2 Å². The molecule has 1 fully saturated rings. The summed E-state index contributed by atoms with van der Waals surface area (Å²) >= 11 is 0. The summed E-state index contributed by atoms with van der Waals surface area (Å²) in [7, 11) is 0. The number of carbonyl (C=O) groups excluding carboxylic acids is 1. The normalized spacial score (nSPS) is 22.6. The van der Waals surface area contributed by atoms with Crippen molar-refractivity contribution in [1.82, 2.24) is 24.5 Å². The van der Waals surface area contributed by atoms with Gasteiger partial charge < -0.3 is 21.1 Å². The van der Waals surface area contributed by atoms with E-state index in [0.717, 1.165) is 0 Å². The molecule has 4 atom stereocenters. The summed E-state index contributed by atoms with van der Waals surface area (Å²) in [5, 5.41) is 32.0. The van der Waals surface area contributed by atoms with Crippen molar-refractivity contribution in [3.05, 3.63) is 60.3 Å². The van der Waals surface area contributed by atoms with Crippen LogP contribution in [0.5, 0.6) is 0 Å². The molecule has 1 aliphatic rings. The number of carbonyl (C=O) groups is 2. The molecule has 3 heterocycles. The number of hydrogen-bond acceptors (Lipinski definition) is 6. The number of aromatic nitrogens is 4. The predicted octanol–water partition coefficient (Wildman–Crippen LogP) is 3.54. The maximum absolute atomic E-state index is 13.3. The van der Waals surface area contributed by atoms with Crippen LogP contribution in [0.15, 0.2) is 48.9 Å². The molecule has 188 valence electrons. The first-order valence-electron chi connectivity index (χ1n) is 11.4. The quantitative estimate of drug-likeness (QED) is 0.454. The van der Waals surface area contributed by atoms with Crippen LogP contribution in [0.4, 0.5) is 20.7 Å². The van der Waals surface area contributed by atoms with Gasteiger partial charge in [-0.1, -0.05) is 0 Å². The molecule has 0 radical (unpaired) electrons. The van der Waals surface area contributed by atoms with Crippen LogP contribution in [0.2, 0.25) is 0 Å². The molecule has 2 aromatic heterocycles. The van der Waals surface area contributed by atoms with Crippen molar-refractivity contribution in [3.8, 4) is 6.07 Å². The monoisotopic (exact) mass is 494 g/mol. The van der Waals surface area contributed by atoms with Crippen LogP contribution in [-0.2, 0) is 0 Å². The first kappa shape index (κ1) is 24.7. The van der Waals surface area contributed by atoms with Crippen molar-refractivity contribution < 1.29 is 19.1 Å². The highest BCUT2D eigenvalue weighted by molar-refractivity contribution is 5.98. The molecule has 0 saturated carbocycles. The number of amides is 2. The van der Waals surface area contributed by atoms with Crippen molar-refractivity contribution in [2.75, 3.05) is 11.9 Å². The van der Waals surface area contributed by atoms with E-state index in [1.165, 1.54) is 40.0 Å². The average Bonchev–Trinajstić information content (AvgIpc) is 3.50. The summed E-state index contributed by atoms with van der Waals surface area (Å²) in [5.41, 5.74) is 5.11. The lowest BCUT2D eigenvalue weighted by Crippen LogP contribution is -2.60. The fourth-order valence-corrected chi connectivity index (χ4v) is 5.06. The van der Waals surface area contributed by atoms with Crippen LogP contribution in [0.1, 0.15) is 49.1 Å². The van der Waals surface area contributed by atoms with Crippen LogP contribution in [0.25, 0.3) is 0 Å². The Balaban J connectivity index is 1.70. The average molecular weight is 495 g/mol. The van der Waals surface area contributed by atoms with E-state index in [9.17, 15) is 24.3 Å². The van der Waals surface area contributed by atoms with Gasteiger partial charge in [0.05, 0.1) is 29.6 Å². The Kier molecular flexibility index (Phi) is 6.65. The van der Waals surface area contributed by atoms with Crippen LogP contribution < -0.4 is 11.1 Å². The van der Waals surface area contributed by atoms with E-state index in [2.05, 4.69) is 21.6 Å². The smallest absolute Gasteiger partial charge is 0.407 e. The van der Waals surface area contributed by atoms with Gasteiger partial charge in [-0.15, -0.1) is 0 Å². The summed E-state index contributed by atoms with van der Waals surface area (Å²) in [6.07, 6.45) is 4.44. The molecule has 1 aromatic carbocycles. The number of benzene rings is 1. The zero-order valence-corrected chi connectivity index (χ0v) is 19.9. The van der Waals surface area contributed by atoms with Gasteiger partial charge in [0.15, 0.2) is 5.82 Å². The predicted molar refractivity (Wildman–Crippen MR) is 128 cm³/mol. The SMILES string of the molecule is CC(CC1(C)[C@@H](C#N)[C@@H](n2cc(C(N)=O)c(Nc3ccc(F)cc3)n2)CCN1C(=O)O)n1cccn1. The maximum Gasteiger partial charge on any atom is 0.407 e. The number of nitrogens with one attached hydrogen (secondary N) is 1. The molecule has 36 heavy (non-hydrogen) atoms. The van der Waals surface area contributed by atoms with Crippen LogP contribution in [-0.4, -0.2) is 53.7 Å². The minimum Gasteiger partial charge on any atom is -0.465 e. The Bertz CT molecular complexity index is 1280. The van der Waals surface area contributed by atoms with Crippen LogP contribution in [0, 0.1) is 23.1 Å². The second-order valence-electron chi connectivity index (χ2n) is 9.16. The van der Waals surface area contributed by atoms with Crippen LogP contribution in [0.3, 0.4) is 0 Å². The number of primary amides is 1. The zero-order chi connectivity index (χ0) is 26.0. The highest BCUT2D eigenvalue weighted by Crippen LogP contribution is 2.44.